The number of benzene rings is 1. The number of nitrogens with zero attached hydrogens (tertiary/aromatic N) is 2. The highest BCUT2D eigenvalue weighted by atomic mass is 16.5. The van der Waals surface area contributed by atoms with Crippen molar-refractivity contribution in [1.82, 2.24) is 4.90 Å². The van der Waals surface area contributed by atoms with E-state index in [0.717, 1.165) is 23.7 Å². The molecule has 0 amide bonds. The Morgan fingerprint density at radius 1 is 1.42 bits per heavy atom. The number of anilines is 1. The van der Waals surface area contributed by atoms with Gasteiger partial charge in [0.25, 0.3) is 0 Å². The van der Waals surface area contributed by atoms with Gasteiger partial charge in [-0.05, 0) is 38.9 Å². The maximum Gasteiger partial charge on any atom is 0.193 e. The normalized spacial score (nSPS) is 25.0. The number of ether oxygens (including phenoxy) is 1. The second kappa shape index (κ2) is 8.49. The van der Waals surface area contributed by atoms with Crippen LogP contribution in [0.1, 0.15) is 38.2 Å². The van der Waals surface area contributed by atoms with E-state index in [2.05, 4.69) is 36.2 Å². The molecule has 0 aliphatic heterocycles. The van der Waals surface area contributed by atoms with Gasteiger partial charge in [-0.2, -0.15) is 0 Å². The number of hydrogen-bond acceptors (Lipinski definition) is 3. The van der Waals surface area contributed by atoms with Crippen molar-refractivity contribution in [2.24, 2.45) is 16.6 Å². The number of aliphatic imine (C=N–C) groups is 1. The van der Waals surface area contributed by atoms with E-state index in [9.17, 15) is 0 Å². The smallest absolute Gasteiger partial charge is 0.193 e. The summed E-state index contributed by atoms with van der Waals surface area (Å²) in [5, 5.41) is 3.23. The number of para-hydroxylation sites is 1. The van der Waals surface area contributed by atoms with Gasteiger partial charge in [0.2, 0.25) is 0 Å². The van der Waals surface area contributed by atoms with Crippen molar-refractivity contribution < 1.29 is 4.74 Å². The lowest BCUT2D eigenvalue weighted by Gasteiger charge is -2.44. The maximum atomic E-state index is 6.16. The van der Waals surface area contributed by atoms with Crippen molar-refractivity contribution in [3.05, 3.63) is 29.8 Å². The molecule has 0 bridgehead atoms. The molecule has 24 heavy (non-hydrogen) atoms. The molecule has 2 rings (SSSR count). The molecule has 1 fully saturated rings. The molecule has 5 heteroatoms. The third-order valence-corrected chi connectivity index (χ3v) is 5.14. The van der Waals surface area contributed by atoms with Crippen LogP contribution in [0, 0.1) is 5.92 Å². The van der Waals surface area contributed by atoms with Crippen molar-refractivity contribution in [1.29, 1.82) is 0 Å². The number of hydrogen-bond donors (Lipinski definition) is 2. The number of rotatable bonds is 6. The summed E-state index contributed by atoms with van der Waals surface area (Å²) in [5.74, 6) is 1.21. The Hall–Kier alpha value is -1.59. The highest BCUT2D eigenvalue weighted by molar-refractivity contribution is 5.93. The topological polar surface area (TPSA) is 62.9 Å². The van der Waals surface area contributed by atoms with Crippen LogP contribution in [0.15, 0.2) is 29.3 Å². The molecular weight excluding hydrogens is 300 g/mol. The first kappa shape index (κ1) is 18.7. The van der Waals surface area contributed by atoms with Gasteiger partial charge in [-0.25, -0.2) is 0 Å². The molecule has 0 aromatic heterocycles. The second-order valence-corrected chi connectivity index (χ2v) is 7.24. The Bertz CT molecular complexity index is 558. The van der Waals surface area contributed by atoms with Gasteiger partial charge in [0.1, 0.15) is 0 Å². The van der Waals surface area contributed by atoms with Gasteiger partial charge in [-0.3, -0.25) is 4.99 Å². The van der Waals surface area contributed by atoms with Crippen LogP contribution in [-0.4, -0.2) is 44.1 Å². The molecule has 1 aromatic rings. The highest BCUT2D eigenvalue weighted by Crippen LogP contribution is 2.35. The zero-order valence-corrected chi connectivity index (χ0v) is 15.5. The van der Waals surface area contributed by atoms with Gasteiger partial charge in [-0.15, -0.1) is 0 Å². The summed E-state index contributed by atoms with van der Waals surface area (Å²) in [7, 11) is 6.01. The molecule has 1 saturated carbocycles. The summed E-state index contributed by atoms with van der Waals surface area (Å²) in [6.45, 7) is 3.62. The first-order valence-corrected chi connectivity index (χ1v) is 8.78. The van der Waals surface area contributed by atoms with Crippen LogP contribution < -0.4 is 11.1 Å². The summed E-state index contributed by atoms with van der Waals surface area (Å²) in [6.07, 6.45) is 4.94. The van der Waals surface area contributed by atoms with Crippen LogP contribution in [0.4, 0.5) is 5.69 Å². The van der Waals surface area contributed by atoms with E-state index in [1.54, 1.807) is 7.11 Å². The second-order valence-electron chi connectivity index (χ2n) is 7.24. The first-order valence-electron chi connectivity index (χ1n) is 8.78. The molecule has 0 saturated heterocycles. The molecule has 0 radical (unpaired) electrons. The number of nitrogens with one attached hydrogen (secondary N) is 1. The number of guanidine groups is 1. The molecule has 134 valence electrons. The van der Waals surface area contributed by atoms with Gasteiger partial charge in [0.15, 0.2) is 5.96 Å². The molecule has 2 unspecified atom stereocenters. The van der Waals surface area contributed by atoms with E-state index in [1.165, 1.54) is 25.7 Å². The Morgan fingerprint density at radius 2 is 2.17 bits per heavy atom. The Kier molecular flexibility index (Phi) is 6.63. The summed E-state index contributed by atoms with van der Waals surface area (Å²) in [5.41, 5.74) is 8.31. The largest absolute Gasteiger partial charge is 0.380 e. The summed E-state index contributed by atoms with van der Waals surface area (Å²) >= 11 is 0. The average Bonchev–Trinajstić information content (AvgIpc) is 2.55. The molecule has 3 N–H and O–H groups in total. The first-order chi connectivity index (χ1) is 11.5. The SMILES string of the molecule is COCc1ccccc1NC(N)=NCC1(N(C)C)CCCC(C)C1. The highest BCUT2D eigenvalue weighted by Gasteiger charge is 2.36. The van der Waals surface area contributed by atoms with E-state index < -0.39 is 0 Å². The van der Waals surface area contributed by atoms with Crippen LogP contribution in [0.25, 0.3) is 0 Å². The molecular formula is C19H32N4O. The maximum absolute atomic E-state index is 6.16. The molecule has 1 aromatic carbocycles. The number of nitrogens with two attached hydrogens (primary N) is 1. The summed E-state index contributed by atoms with van der Waals surface area (Å²) < 4.78 is 5.24. The standard InChI is InChI=1S/C19H32N4O/c1-15-8-7-11-19(12-15,23(2)3)14-21-18(20)22-17-10-6-5-9-16(17)13-24-4/h5-6,9-10,15H,7-8,11-14H2,1-4H3,(H3,20,21,22). The van der Waals surface area contributed by atoms with E-state index in [-0.39, 0.29) is 5.54 Å². The molecule has 0 spiro atoms. The lowest BCUT2D eigenvalue weighted by molar-refractivity contribution is 0.0846. The van der Waals surface area contributed by atoms with Gasteiger partial charge in [-0.1, -0.05) is 38.0 Å². The molecule has 0 heterocycles. The zero-order valence-electron chi connectivity index (χ0n) is 15.5. The number of methoxy groups -OCH3 is 1. The molecule has 1 aliphatic carbocycles. The average molecular weight is 332 g/mol. The summed E-state index contributed by atoms with van der Waals surface area (Å²) in [4.78, 5) is 7.00. The lowest BCUT2D eigenvalue weighted by atomic mass is 9.75. The Balaban J connectivity index is 2.07. The van der Waals surface area contributed by atoms with Gasteiger partial charge < -0.3 is 20.7 Å². The van der Waals surface area contributed by atoms with Crippen molar-refractivity contribution in [2.45, 2.75) is 44.8 Å². The van der Waals surface area contributed by atoms with Crippen LogP contribution in [0.3, 0.4) is 0 Å². The van der Waals surface area contributed by atoms with E-state index in [4.69, 9.17) is 10.5 Å². The Labute approximate surface area is 146 Å². The van der Waals surface area contributed by atoms with E-state index in [1.807, 2.05) is 24.3 Å². The van der Waals surface area contributed by atoms with Gasteiger partial charge in [0.05, 0.1) is 13.2 Å². The minimum Gasteiger partial charge on any atom is -0.380 e. The minimum atomic E-state index is 0.121. The third-order valence-electron chi connectivity index (χ3n) is 5.14. The van der Waals surface area contributed by atoms with Crippen LogP contribution in [0.5, 0.6) is 0 Å². The molecule has 2 atom stereocenters. The fourth-order valence-corrected chi connectivity index (χ4v) is 3.66. The van der Waals surface area contributed by atoms with E-state index >= 15 is 0 Å². The Morgan fingerprint density at radius 3 is 2.83 bits per heavy atom. The van der Waals surface area contributed by atoms with Crippen LogP contribution in [-0.2, 0) is 11.3 Å². The quantitative estimate of drug-likeness (QED) is 0.621. The van der Waals surface area contributed by atoms with Crippen LogP contribution >= 0.6 is 0 Å². The number of likely N-dealkylation sites (N-methyl/N-ethyl adjacent to an activating group) is 1. The van der Waals surface area contributed by atoms with Crippen molar-refractivity contribution in [3.63, 3.8) is 0 Å². The van der Waals surface area contributed by atoms with Crippen molar-refractivity contribution in [3.8, 4) is 0 Å². The fraction of sp³-hybridized carbons (Fsp3) is 0.632. The molecule has 1 aliphatic rings. The zero-order chi connectivity index (χ0) is 17.6. The van der Waals surface area contributed by atoms with Gasteiger partial charge in [0, 0.05) is 23.9 Å². The third kappa shape index (κ3) is 4.71. The minimum absolute atomic E-state index is 0.121. The monoisotopic (exact) mass is 332 g/mol. The van der Waals surface area contributed by atoms with E-state index in [0.29, 0.717) is 12.6 Å². The van der Waals surface area contributed by atoms with Crippen molar-refractivity contribution >= 4 is 11.6 Å². The summed E-state index contributed by atoms with van der Waals surface area (Å²) in [6, 6.07) is 8.01. The fourth-order valence-electron chi connectivity index (χ4n) is 3.66. The van der Waals surface area contributed by atoms with Gasteiger partial charge >= 0.3 is 0 Å². The lowest BCUT2D eigenvalue weighted by Crippen LogP contribution is -2.50. The molecule has 5 nitrogen and oxygen atoms in total. The van der Waals surface area contributed by atoms with Crippen molar-refractivity contribution in [2.75, 3.05) is 33.1 Å². The van der Waals surface area contributed by atoms with Crippen LogP contribution in [0.2, 0.25) is 0 Å². The predicted octanol–water partition coefficient (Wildman–Crippen LogP) is 3.07. The predicted molar refractivity (Wildman–Crippen MR) is 101 cm³/mol.